The molecule has 0 bridgehead atoms. The van der Waals surface area contributed by atoms with E-state index in [1.54, 1.807) is 6.07 Å². The van der Waals surface area contributed by atoms with Crippen LogP contribution in [0.2, 0.25) is 5.02 Å². The molecule has 30 heavy (non-hydrogen) atoms. The molecule has 0 saturated carbocycles. The van der Waals surface area contributed by atoms with E-state index in [0.29, 0.717) is 42.7 Å². The van der Waals surface area contributed by atoms with Crippen molar-refractivity contribution in [2.24, 2.45) is 0 Å². The second-order valence-corrected chi connectivity index (χ2v) is 8.26. The number of aromatic nitrogens is 2. The van der Waals surface area contributed by atoms with Crippen LogP contribution >= 0.6 is 11.6 Å². The molecular weight excluding hydrogens is 407 g/mol. The highest BCUT2D eigenvalue weighted by Crippen LogP contribution is 2.33. The first-order valence-corrected chi connectivity index (χ1v) is 10.2. The Labute approximate surface area is 179 Å². The van der Waals surface area contributed by atoms with Crippen molar-refractivity contribution in [3.63, 3.8) is 0 Å². The maximum absolute atomic E-state index is 13.2. The molecule has 0 spiro atoms. The van der Waals surface area contributed by atoms with Crippen molar-refractivity contribution >= 4 is 17.3 Å². The molecule has 0 unspecified atom stereocenters. The molecular formula is C22H24ClFN4O2. The third-order valence-corrected chi connectivity index (χ3v) is 5.70. The van der Waals surface area contributed by atoms with Crippen molar-refractivity contribution in [3.8, 4) is 0 Å². The number of aliphatic hydroxyl groups is 1. The molecule has 6 nitrogen and oxygen atoms in total. The summed E-state index contributed by atoms with van der Waals surface area (Å²) >= 11 is 6.11. The van der Waals surface area contributed by atoms with Crippen LogP contribution in [0.25, 0.3) is 0 Å². The molecule has 4 rings (SSSR count). The van der Waals surface area contributed by atoms with Gasteiger partial charge in [-0.2, -0.15) is 4.98 Å². The van der Waals surface area contributed by atoms with Crippen molar-refractivity contribution in [2.75, 3.05) is 25.5 Å². The number of rotatable bonds is 6. The second kappa shape index (κ2) is 8.71. The lowest BCUT2D eigenvalue weighted by Gasteiger charge is -2.21. The van der Waals surface area contributed by atoms with Crippen LogP contribution in [0.15, 0.2) is 47.0 Å². The Balaban J connectivity index is 1.48. The van der Waals surface area contributed by atoms with Gasteiger partial charge < -0.3 is 14.5 Å². The highest BCUT2D eigenvalue weighted by molar-refractivity contribution is 6.31. The van der Waals surface area contributed by atoms with Crippen LogP contribution in [0.4, 0.5) is 10.1 Å². The van der Waals surface area contributed by atoms with E-state index < -0.39 is 6.10 Å². The minimum atomic E-state index is -0.446. The molecule has 1 saturated heterocycles. The highest BCUT2D eigenvalue weighted by Gasteiger charge is 2.35. The Kier molecular flexibility index (Phi) is 6.04. The maximum Gasteiger partial charge on any atom is 0.244 e. The van der Waals surface area contributed by atoms with Gasteiger partial charge in [0.05, 0.1) is 12.1 Å². The number of nitrogens with zero attached hydrogens (tertiary/aromatic N) is 4. The normalized spacial score (nSPS) is 19.4. The lowest BCUT2D eigenvalue weighted by atomic mass is 10.1. The molecule has 0 aliphatic carbocycles. The summed E-state index contributed by atoms with van der Waals surface area (Å²) in [7, 11) is 4.02. The molecule has 8 heteroatoms. The van der Waals surface area contributed by atoms with E-state index in [2.05, 4.69) is 44.2 Å². The van der Waals surface area contributed by atoms with Gasteiger partial charge in [0.25, 0.3) is 0 Å². The van der Waals surface area contributed by atoms with Gasteiger partial charge in [0, 0.05) is 44.3 Å². The lowest BCUT2D eigenvalue weighted by Crippen LogP contribution is -2.24. The Bertz CT molecular complexity index is 1010. The molecule has 2 aromatic carbocycles. The zero-order valence-corrected chi connectivity index (χ0v) is 17.7. The van der Waals surface area contributed by atoms with Gasteiger partial charge in [-0.25, -0.2) is 4.39 Å². The molecule has 1 N–H and O–H groups in total. The van der Waals surface area contributed by atoms with E-state index >= 15 is 0 Å². The predicted molar refractivity (Wildman–Crippen MR) is 113 cm³/mol. The van der Waals surface area contributed by atoms with Gasteiger partial charge in [-0.1, -0.05) is 35.0 Å². The summed E-state index contributed by atoms with van der Waals surface area (Å²) in [5.41, 5.74) is 3.02. The Morgan fingerprint density at radius 2 is 2.00 bits per heavy atom. The fraction of sp³-hybridized carbons (Fsp3) is 0.364. The summed E-state index contributed by atoms with van der Waals surface area (Å²) < 4.78 is 18.8. The number of anilines is 1. The van der Waals surface area contributed by atoms with Crippen LogP contribution in [0.5, 0.6) is 0 Å². The van der Waals surface area contributed by atoms with Crippen LogP contribution in [-0.2, 0) is 13.0 Å². The zero-order valence-electron chi connectivity index (χ0n) is 16.9. The van der Waals surface area contributed by atoms with Gasteiger partial charge in [0.15, 0.2) is 5.82 Å². The molecule has 1 aliphatic rings. The minimum Gasteiger partial charge on any atom is -0.392 e. The monoisotopic (exact) mass is 430 g/mol. The number of likely N-dealkylation sites (tertiary alicyclic amines) is 1. The van der Waals surface area contributed by atoms with Crippen LogP contribution in [0, 0.1) is 5.82 Å². The lowest BCUT2D eigenvalue weighted by molar-refractivity contribution is 0.169. The molecule has 0 amide bonds. The highest BCUT2D eigenvalue weighted by atomic mass is 35.5. The second-order valence-electron chi connectivity index (χ2n) is 7.86. The summed E-state index contributed by atoms with van der Waals surface area (Å²) in [6, 6.07) is 12.4. The molecule has 0 radical (unpaired) electrons. The number of hydrogen-bond acceptors (Lipinski definition) is 6. The van der Waals surface area contributed by atoms with E-state index in [9.17, 15) is 9.50 Å². The van der Waals surface area contributed by atoms with Crippen LogP contribution in [-0.4, -0.2) is 46.9 Å². The summed E-state index contributed by atoms with van der Waals surface area (Å²) in [6.45, 7) is 1.22. The molecule has 2 atom stereocenters. The summed E-state index contributed by atoms with van der Waals surface area (Å²) in [5.74, 6) is 0.576. The Morgan fingerprint density at radius 1 is 1.23 bits per heavy atom. The fourth-order valence-corrected chi connectivity index (χ4v) is 3.99. The van der Waals surface area contributed by atoms with Crippen LogP contribution in [0.3, 0.4) is 0 Å². The summed E-state index contributed by atoms with van der Waals surface area (Å²) in [6.07, 6.45) is 0.441. The number of β-amino-alcohol motifs (C(OH)–C–C–N with tert-alkyl or cyclic N) is 1. The Morgan fingerprint density at radius 3 is 2.70 bits per heavy atom. The average Bonchev–Trinajstić information content (AvgIpc) is 3.30. The molecule has 1 aromatic heterocycles. The number of hydrogen-bond donors (Lipinski definition) is 1. The fourth-order valence-electron chi connectivity index (χ4n) is 3.76. The Hall–Kier alpha value is -2.48. The number of benzene rings is 2. The van der Waals surface area contributed by atoms with Crippen molar-refractivity contribution in [1.82, 2.24) is 15.0 Å². The summed E-state index contributed by atoms with van der Waals surface area (Å²) in [5, 5.41) is 14.6. The first-order chi connectivity index (χ1) is 14.4. The van der Waals surface area contributed by atoms with Crippen LogP contribution < -0.4 is 4.90 Å². The smallest absolute Gasteiger partial charge is 0.244 e. The quantitative estimate of drug-likeness (QED) is 0.641. The van der Waals surface area contributed by atoms with Crippen molar-refractivity contribution in [3.05, 3.63) is 76.1 Å². The summed E-state index contributed by atoms with van der Waals surface area (Å²) in [4.78, 5) is 8.73. The van der Waals surface area contributed by atoms with Crippen molar-refractivity contribution in [2.45, 2.75) is 31.5 Å². The van der Waals surface area contributed by atoms with Gasteiger partial charge in [0.2, 0.25) is 5.89 Å². The topological polar surface area (TPSA) is 65.6 Å². The third kappa shape index (κ3) is 4.64. The number of aliphatic hydroxyl groups excluding tert-OH is 1. The van der Waals surface area contributed by atoms with Gasteiger partial charge >= 0.3 is 0 Å². The first-order valence-electron chi connectivity index (χ1n) is 9.84. The number of halogens is 2. The molecule has 3 aromatic rings. The van der Waals surface area contributed by atoms with Crippen LogP contribution in [0.1, 0.15) is 35.3 Å². The van der Waals surface area contributed by atoms with Gasteiger partial charge in [-0.15, -0.1) is 0 Å². The zero-order chi connectivity index (χ0) is 21.3. The van der Waals surface area contributed by atoms with Gasteiger partial charge in [-0.3, -0.25) is 4.90 Å². The molecule has 158 valence electrons. The third-order valence-electron chi connectivity index (χ3n) is 5.35. The SMILES string of the molecule is CN(C)c1ccc(CN2C[C@H](O)C[C@H]2c2nc(Cc3ccc(F)cc3Cl)no2)cc1. The van der Waals surface area contributed by atoms with Crippen molar-refractivity contribution < 1.29 is 14.0 Å². The minimum absolute atomic E-state index is 0.154. The molecule has 1 aliphatic heterocycles. The van der Waals surface area contributed by atoms with Crippen molar-refractivity contribution in [1.29, 1.82) is 0 Å². The predicted octanol–water partition coefficient (Wildman–Crippen LogP) is 3.83. The molecule has 2 heterocycles. The van der Waals surface area contributed by atoms with Gasteiger partial charge in [-0.05, 0) is 41.8 Å². The maximum atomic E-state index is 13.2. The van der Waals surface area contributed by atoms with E-state index in [1.807, 2.05) is 14.1 Å². The first kappa shape index (κ1) is 20.8. The largest absolute Gasteiger partial charge is 0.392 e. The van der Waals surface area contributed by atoms with Gasteiger partial charge in [0.1, 0.15) is 5.82 Å². The van der Waals surface area contributed by atoms with E-state index in [-0.39, 0.29) is 11.9 Å². The van der Waals surface area contributed by atoms with E-state index in [0.717, 1.165) is 16.8 Å². The standard InChI is InChI=1S/C22H24ClFN4O2/c1-27(2)17-7-3-14(4-8-17)12-28-13-18(29)11-20(28)22-25-21(26-30-22)9-15-5-6-16(24)10-19(15)23/h3-8,10,18,20,29H,9,11-13H2,1-2H3/t18-,20+/m1/s1. The van der Waals surface area contributed by atoms with E-state index in [1.165, 1.54) is 12.1 Å². The average molecular weight is 431 g/mol. The molecule has 1 fully saturated rings. The van der Waals surface area contributed by atoms with E-state index in [4.69, 9.17) is 16.1 Å².